The normalized spacial score (nSPS) is 12.2. The van der Waals surface area contributed by atoms with E-state index in [-0.39, 0.29) is 6.04 Å². The first-order chi connectivity index (χ1) is 9.56. The van der Waals surface area contributed by atoms with Gasteiger partial charge in [-0.05, 0) is 43.3 Å². The second-order valence-corrected chi connectivity index (χ2v) is 5.90. The van der Waals surface area contributed by atoms with Gasteiger partial charge < -0.3 is 10.1 Å². The maximum absolute atomic E-state index is 6.39. The van der Waals surface area contributed by atoms with E-state index in [0.717, 1.165) is 15.8 Å². The Kier molecular flexibility index (Phi) is 5.08. The Balaban J connectivity index is 2.49. The Labute approximate surface area is 133 Å². The molecule has 2 aromatic carbocycles. The summed E-state index contributed by atoms with van der Waals surface area (Å²) >= 11 is 10.0. The van der Waals surface area contributed by atoms with Crippen LogP contribution in [0.4, 0.5) is 0 Å². The molecule has 0 saturated heterocycles. The fraction of sp³-hybridized carbons (Fsp3) is 0.250. The van der Waals surface area contributed by atoms with Crippen LogP contribution < -0.4 is 10.1 Å². The van der Waals surface area contributed by atoms with E-state index in [1.54, 1.807) is 7.11 Å². The van der Waals surface area contributed by atoms with E-state index in [1.807, 2.05) is 25.2 Å². The zero-order valence-electron chi connectivity index (χ0n) is 11.7. The lowest BCUT2D eigenvalue weighted by Crippen LogP contribution is -2.18. The van der Waals surface area contributed by atoms with Gasteiger partial charge in [-0.25, -0.2) is 0 Å². The number of aryl methyl sites for hydroxylation is 1. The van der Waals surface area contributed by atoms with Crippen molar-refractivity contribution >= 4 is 27.5 Å². The smallest absolute Gasteiger partial charge is 0.120 e. The number of rotatable bonds is 4. The lowest BCUT2D eigenvalue weighted by molar-refractivity contribution is 0.414. The molecule has 0 radical (unpaired) electrons. The van der Waals surface area contributed by atoms with Gasteiger partial charge in [0.2, 0.25) is 0 Å². The van der Waals surface area contributed by atoms with Crippen molar-refractivity contribution in [2.45, 2.75) is 13.0 Å². The van der Waals surface area contributed by atoms with Crippen LogP contribution >= 0.6 is 27.5 Å². The topological polar surface area (TPSA) is 21.3 Å². The molecule has 0 aliphatic carbocycles. The zero-order valence-corrected chi connectivity index (χ0v) is 14.0. The monoisotopic (exact) mass is 353 g/mol. The molecule has 1 N–H and O–H groups in total. The Bertz CT molecular complexity index is 615. The van der Waals surface area contributed by atoms with Gasteiger partial charge in [0.05, 0.1) is 13.2 Å². The minimum atomic E-state index is 0.0303. The predicted molar refractivity (Wildman–Crippen MR) is 87.8 cm³/mol. The van der Waals surface area contributed by atoms with Gasteiger partial charge in [-0.2, -0.15) is 0 Å². The summed E-state index contributed by atoms with van der Waals surface area (Å²) in [6.45, 7) is 2.08. The summed E-state index contributed by atoms with van der Waals surface area (Å²) in [5.74, 6) is 0.761. The van der Waals surface area contributed by atoms with Crippen LogP contribution in [0.15, 0.2) is 40.9 Å². The van der Waals surface area contributed by atoms with Gasteiger partial charge in [-0.1, -0.05) is 51.3 Å². The Morgan fingerprint density at radius 3 is 2.50 bits per heavy atom. The van der Waals surface area contributed by atoms with Crippen LogP contribution in [-0.2, 0) is 0 Å². The fourth-order valence-corrected chi connectivity index (χ4v) is 2.99. The second-order valence-electron chi connectivity index (χ2n) is 4.63. The zero-order chi connectivity index (χ0) is 14.7. The highest BCUT2D eigenvalue weighted by atomic mass is 79.9. The molecule has 0 heterocycles. The summed E-state index contributed by atoms with van der Waals surface area (Å²) < 4.78 is 6.26. The van der Waals surface area contributed by atoms with Crippen LogP contribution in [0.25, 0.3) is 0 Å². The standard InChI is InChI=1S/C16H17BrClNO/c1-10-4-7-14(17)13(8-10)16(19-2)12-6-5-11(20-3)9-15(12)18/h4-9,16,19H,1-3H3. The minimum Gasteiger partial charge on any atom is -0.497 e. The Morgan fingerprint density at radius 1 is 1.15 bits per heavy atom. The Morgan fingerprint density at radius 2 is 1.90 bits per heavy atom. The quantitative estimate of drug-likeness (QED) is 0.857. The first-order valence-corrected chi connectivity index (χ1v) is 7.50. The van der Waals surface area contributed by atoms with E-state index in [4.69, 9.17) is 16.3 Å². The summed E-state index contributed by atoms with van der Waals surface area (Å²) in [7, 11) is 3.57. The van der Waals surface area contributed by atoms with Crippen LogP contribution in [0.5, 0.6) is 5.75 Å². The average molecular weight is 355 g/mol. The molecule has 0 fully saturated rings. The van der Waals surface area contributed by atoms with Crippen LogP contribution in [0.1, 0.15) is 22.7 Å². The van der Waals surface area contributed by atoms with E-state index in [2.05, 4.69) is 46.4 Å². The fourth-order valence-electron chi connectivity index (χ4n) is 2.23. The Hall–Kier alpha value is -1.03. The van der Waals surface area contributed by atoms with Crippen molar-refractivity contribution < 1.29 is 4.74 Å². The summed E-state index contributed by atoms with van der Waals surface area (Å²) in [5.41, 5.74) is 3.41. The molecular weight excluding hydrogens is 338 g/mol. The molecule has 0 saturated carbocycles. The van der Waals surface area contributed by atoms with Gasteiger partial charge >= 0.3 is 0 Å². The first-order valence-electron chi connectivity index (χ1n) is 6.33. The maximum Gasteiger partial charge on any atom is 0.120 e. The maximum atomic E-state index is 6.39. The molecule has 4 heteroatoms. The third-order valence-electron chi connectivity index (χ3n) is 3.27. The number of halogens is 2. The number of hydrogen-bond donors (Lipinski definition) is 1. The summed E-state index contributed by atoms with van der Waals surface area (Å²) in [4.78, 5) is 0. The van der Waals surface area contributed by atoms with Crippen LogP contribution in [-0.4, -0.2) is 14.2 Å². The molecule has 0 aromatic heterocycles. The molecule has 1 atom stereocenters. The lowest BCUT2D eigenvalue weighted by Gasteiger charge is -2.21. The molecule has 20 heavy (non-hydrogen) atoms. The van der Waals surface area contributed by atoms with E-state index in [9.17, 15) is 0 Å². The van der Waals surface area contributed by atoms with E-state index < -0.39 is 0 Å². The van der Waals surface area contributed by atoms with Crippen molar-refractivity contribution in [1.29, 1.82) is 0 Å². The number of hydrogen-bond acceptors (Lipinski definition) is 2. The van der Waals surface area contributed by atoms with E-state index >= 15 is 0 Å². The van der Waals surface area contributed by atoms with Crippen molar-refractivity contribution in [1.82, 2.24) is 5.32 Å². The highest BCUT2D eigenvalue weighted by Crippen LogP contribution is 2.34. The third kappa shape index (κ3) is 3.17. The van der Waals surface area contributed by atoms with Crippen molar-refractivity contribution in [3.05, 3.63) is 62.6 Å². The van der Waals surface area contributed by atoms with Gasteiger partial charge in [0.25, 0.3) is 0 Å². The van der Waals surface area contributed by atoms with E-state index in [1.165, 1.54) is 11.1 Å². The van der Waals surface area contributed by atoms with Crippen LogP contribution in [0.3, 0.4) is 0 Å². The lowest BCUT2D eigenvalue weighted by atomic mass is 9.97. The molecule has 2 rings (SSSR count). The van der Waals surface area contributed by atoms with Gasteiger partial charge in [-0.3, -0.25) is 0 Å². The molecule has 0 aliphatic heterocycles. The molecule has 0 amide bonds. The predicted octanol–water partition coefficient (Wildman–Crippen LogP) is 4.73. The molecule has 1 unspecified atom stereocenters. The van der Waals surface area contributed by atoms with Gasteiger partial charge in [0.15, 0.2) is 0 Å². The summed E-state index contributed by atoms with van der Waals surface area (Å²) in [6.07, 6.45) is 0. The van der Waals surface area contributed by atoms with Crippen LogP contribution in [0, 0.1) is 6.92 Å². The molecule has 106 valence electrons. The summed E-state index contributed by atoms with van der Waals surface area (Å²) in [6, 6.07) is 12.1. The van der Waals surface area contributed by atoms with Crippen molar-refractivity contribution in [2.75, 3.05) is 14.2 Å². The van der Waals surface area contributed by atoms with Gasteiger partial charge in [-0.15, -0.1) is 0 Å². The molecule has 2 aromatic rings. The highest BCUT2D eigenvalue weighted by molar-refractivity contribution is 9.10. The molecule has 0 spiro atoms. The number of nitrogens with one attached hydrogen (secondary N) is 1. The second kappa shape index (κ2) is 6.61. The van der Waals surface area contributed by atoms with E-state index in [0.29, 0.717) is 5.02 Å². The number of ether oxygens (including phenoxy) is 1. The SMILES string of the molecule is CNC(c1ccc(OC)cc1Cl)c1cc(C)ccc1Br. The third-order valence-corrected chi connectivity index (χ3v) is 4.32. The number of benzene rings is 2. The van der Waals surface area contributed by atoms with Crippen molar-refractivity contribution in [3.63, 3.8) is 0 Å². The molecular formula is C16H17BrClNO. The van der Waals surface area contributed by atoms with Gasteiger partial charge in [0, 0.05) is 9.50 Å². The molecule has 0 bridgehead atoms. The minimum absolute atomic E-state index is 0.0303. The van der Waals surface area contributed by atoms with Crippen molar-refractivity contribution in [3.8, 4) is 5.75 Å². The average Bonchev–Trinajstić information content (AvgIpc) is 2.44. The summed E-state index contributed by atoms with van der Waals surface area (Å²) in [5, 5.41) is 4.02. The molecule has 2 nitrogen and oxygen atoms in total. The highest BCUT2D eigenvalue weighted by Gasteiger charge is 2.18. The molecule has 0 aliphatic rings. The van der Waals surface area contributed by atoms with Gasteiger partial charge in [0.1, 0.15) is 5.75 Å². The number of methoxy groups -OCH3 is 1. The first kappa shape index (κ1) is 15.4. The van der Waals surface area contributed by atoms with Crippen molar-refractivity contribution in [2.24, 2.45) is 0 Å². The van der Waals surface area contributed by atoms with Crippen LogP contribution in [0.2, 0.25) is 5.02 Å². The largest absolute Gasteiger partial charge is 0.497 e.